The minimum Gasteiger partial charge on any atom is -0.355 e. The number of pyridine rings is 1. The van der Waals surface area contributed by atoms with Crippen LogP contribution in [0.3, 0.4) is 0 Å². The van der Waals surface area contributed by atoms with Gasteiger partial charge in [-0.2, -0.15) is 0 Å². The molecule has 1 atom stereocenters. The lowest BCUT2D eigenvalue weighted by Gasteiger charge is -2.32. The predicted molar refractivity (Wildman–Crippen MR) is 62.5 cm³/mol. The van der Waals surface area contributed by atoms with Crippen LogP contribution in [0.2, 0.25) is 0 Å². The molecule has 1 aromatic heterocycles. The van der Waals surface area contributed by atoms with E-state index in [1.54, 1.807) is 0 Å². The molecule has 0 aromatic carbocycles. The summed E-state index contributed by atoms with van der Waals surface area (Å²) in [6.45, 7) is 4.58. The van der Waals surface area contributed by atoms with E-state index in [0.29, 0.717) is 0 Å². The van der Waals surface area contributed by atoms with E-state index in [9.17, 15) is 0 Å². The van der Waals surface area contributed by atoms with Crippen molar-refractivity contribution in [2.24, 2.45) is 5.92 Å². The second-order valence-corrected chi connectivity index (χ2v) is 4.86. The zero-order valence-electron chi connectivity index (χ0n) is 8.41. The van der Waals surface area contributed by atoms with Gasteiger partial charge < -0.3 is 4.90 Å². The normalized spacial score (nSPS) is 22.4. The molecule has 76 valence electrons. The smallest absolute Gasteiger partial charge is 0.142 e. The van der Waals surface area contributed by atoms with Gasteiger partial charge in [-0.25, -0.2) is 4.98 Å². The summed E-state index contributed by atoms with van der Waals surface area (Å²) in [6, 6.07) is 4.02. The molecule has 3 heteroatoms. The third-order valence-electron chi connectivity index (χ3n) is 2.70. The summed E-state index contributed by atoms with van der Waals surface area (Å²) in [4.78, 5) is 6.79. The molecule has 0 N–H and O–H groups in total. The summed E-state index contributed by atoms with van der Waals surface area (Å²) in [5.41, 5.74) is 0. The van der Waals surface area contributed by atoms with Crippen LogP contribution in [-0.4, -0.2) is 18.1 Å². The Morgan fingerprint density at radius 1 is 1.57 bits per heavy atom. The number of halogens is 1. The predicted octanol–water partition coefficient (Wildman–Crippen LogP) is 3.08. The highest BCUT2D eigenvalue weighted by Crippen LogP contribution is 2.27. The molecule has 1 fully saturated rings. The third kappa shape index (κ3) is 2.08. The van der Waals surface area contributed by atoms with E-state index in [1.165, 1.54) is 12.8 Å². The van der Waals surface area contributed by atoms with E-state index in [4.69, 9.17) is 0 Å². The van der Waals surface area contributed by atoms with Crippen LogP contribution in [-0.2, 0) is 0 Å². The maximum Gasteiger partial charge on any atom is 0.142 e. The molecule has 2 rings (SSSR count). The van der Waals surface area contributed by atoms with E-state index in [-0.39, 0.29) is 0 Å². The summed E-state index contributed by atoms with van der Waals surface area (Å²) in [7, 11) is 0. The first-order valence-electron chi connectivity index (χ1n) is 5.13. The van der Waals surface area contributed by atoms with Crippen LogP contribution in [0.1, 0.15) is 19.8 Å². The summed E-state index contributed by atoms with van der Waals surface area (Å²) in [6.07, 6.45) is 4.49. The van der Waals surface area contributed by atoms with Crippen molar-refractivity contribution >= 4 is 21.7 Å². The minimum atomic E-state index is 0.789. The number of hydrogen-bond donors (Lipinski definition) is 0. The second kappa shape index (κ2) is 4.30. The molecular formula is C11H15BrN2. The largest absolute Gasteiger partial charge is 0.355 e. The average molecular weight is 255 g/mol. The highest BCUT2D eigenvalue weighted by molar-refractivity contribution is 9.10. The van der Waals surface area contributed by atoms with Crippen LogP contribution in [0.5, 0.6) is 0 Å². The molecule has 1 aliphatic rings. The molecule has 0 bridgehead atoms. The minimum absolute atomic E-state index is 0.789. The maximum atomic E-state index is 4.42. The van der Waals surface area contributed by atoms with Crippen molar-refractivity contribution in [1.82, 2.24) is 4.98 Å². The molecule has 2 nitrogen and oxygen atoms in total. The Bertz CT molecular complexity index is 314. The number of anilines is 1. The zero-order valence-corrected chi connectivity index (χ0v) is 10.00. The van der Waals surface area contributed by atoms with Gasteiger partial charge in [0.15, 0.2) is 0 Å². The molecule has 1 aliphatic heterocycles. The van der Waals surface area contributed by atoms with Crippen molar-refractivity contribution in [3.05, 3.63) is 22.8 Å². The molecule has 1 unspecified atom stereocenters. The van der Waals surface area contributed by atoms with Gasteiger partial charge >= 0.3 is 0 Å². The molecule has 0 radical (unpaired) electrons. The van der Waals surface area contributed by atoms with Crippen LogP contribution in [0, 0.1) is 5.92 Å². The molecule has 0 amide bonds. The van der Waals surface area contributed by atoms with Gasteiger partial charge in [-0.1, -0.05) is 6.92 Å². The first kappa shape index (κ1) is 9.97. The molecule has 1 saturated heterocycles. The highest BCUT2D eigenvalue weighted by atomic mass is 79.9. The fraction of sp³-hybridized carbons (Fsp3) is 0.545. The lowest BCUT2D eigenvalue weighted by molar-refractivity contribution is 0.444. The second-order valence-electron chi connectivity index (χ2n) is 4.00. The van der Waals surface area contributed by atoms with Gasteiger partial charge in [0.05, 0.1) is 4.47 Å². The van der Waals surface area contributed by atoms with E-state index in [2.05, 4.69) is 38.8 Å². The molecule has 14 heavy (non-hydrogen) atoms. The van der Waals surface area contributed by atoms with Gasteiger partial charge in [-0.05, 0) is 46.8 Å². The standard InChI is InChI=1S/C11H15BrN2/c1-9-4-3-7-14(8-9)11-10(12)5-2-6-13-11/h2,5-6,9H,3-4,7-8H2,1H3. The van der Waals surface area contributed by atoms with Gasteiger partial charge in [0.1, 0.15) is 5.82 Å². The molecule has 1 aromatic rings. The van der Waals surface area contributed by atoms with Crippen molar-refractivity contribution in [3.63, 3.8) is 0 Å². The van der Waals surface area contributed by atoms with E-state index >= 15 is 0 Å². The van der Waals surface area contributed by atoms with Crippen LogP contribution >= 0.6 is 15.9 Å². The van der Waals surface area contributed by atoms with E-state index < -0.39 is 0 Å². The monoisotopic (exact) mass is 254 g/mol. The van der Waals surface area contributed by atoms with Gasteiger partial charge in [0.2, 0.25) is 0 Å². The van der Waals surface area contributed by atoms with Crippen molar-refractivity contribution < 1.29 is 0 Å². The Labute approximate surface area is 93.5 Å². The Kier molecular flexibility index (Phi) is 3.06. The first-order chi connectivity index (χ1) is 6.77. The van der Waals surface area contributed by atoms with Gasteiger partial charge in [-0.3, -0.25) is 0 Å². The number of piperidine rings is 1. The van der Waals surface area contributed by atoms with Crippen molar-refractivity contribution in [2.75, 3.05) is 18.0 Å². The summed E-state index contributed by atoms with van der Waals surface area (Å²) in [5, 5.41) is 0. The lowest BCUT2D eigenvalue weighted by Crippen LogP contribution is -2.34. The van der Waals surface area contributed by atoms with Crippen LogP contribution in [0.25, 0.3) is 0 Å². The SMILES string of the molecule is CC1CCCN(c2ncccc2Br)C1. The molecule has 0 saturated carbocycles. The number of rotatable bonds is 1. The van der Waals surface area contributed by atoms with Gasteiger partial charge in [0.25, 0.3) is 0 Å². The summed E-state index contributed by atoms with van der Waals surface area (Å²) < 4.78 is 1.11. The summed E-state index contributed by atoms with van der Waals surface area (Å²) in [5.74, 6) is 1.89. The lowest BCUT2D eigenvalue weighted by atomic mass is 10.0. The number of nitrogens with zero attached hydrogens (tertiary/aromatic N) is 2. The quantitative estimate of drug-likeness (QED) is 0.766. The fourth-order valence-corrected chi connectivity index (χ4v) is 2.50. The fourth-order valence-electron chi connectivity index (χ4n) is 1.99. The van der Waals surface area contributed by atoms with Crippen molar-refractivity contribution in [1.29, 1.82) is 0 Å². The molecule has 2 heterocycles. The first-order valence-corrected chi connectivity index (χ1v) is 5.92. The van der Waals surface area contributed by atoms with Crippen LogP contribution < -0.4 is 4.90 Å². The van der Waals surface area contributed by atoms with Crippen LogP contribution in [0.15, 0.2) is 22.8 Å². The van der Waals surface area contributed by atoms with Crippen LogP contribution in [0.4, 0.5) is 5.82 Å². The maximum absolute atomic E-state index is 4.42. The van der Waals surface area contributed by atoms with E-state index in [1.807, 2.05) is 12.3 Å². The average Bonchev–Trinajstić information content (AvgIpc) is 2.18. The summed E-state index contributed by atoms with van der Waals surface area (Å²) >= 11 is 3.55. The molecular weight excluding hydrogens is 240 g/mol. The Balaban J connectivity index is 2.18. The van der Waals surface area contributed by atoms with Gasteiger partial charge in [0, 0.05) is 19.3 Å². The Morgan fingerprint density at radius 3 is 3.14 bits per heavy atom. The number of aromatic nitrogens is 1. The topological polar surface area (TPSA) is 16.1 Å². The Morgan fingerprint density at radius 2 is 2.43 bits per heavy atom. The van der Waals surface area contributed by atoms with Gasteiger partial charge in [-0.15, -0.1) is 0 Å². The van der Waals surface area contributed by atoms with Crippen molar-refractivity contribution in [2.45, 2.75) is 19.8 Å². The third-order valence-corrected chi connectivity index (χ3v) is 3.31. The van der Waals surface area contributed by atoms with Crippen molar-refractivity contribution in [3.8, 4) is 0 Å². The highest BCUT2D eigenvalue weighted by Gasteiger charge is 2.18. The molecule has 0 spiro atoms. The number of hydrogen-bond acceptors (Lipinski definition) is 2. The van der Waals surface area contributed by atoms with E-state index in [0.717, 1.165) is 29.3 Å². The Hall–Kier alpha value is -0.570. The zero-order chi connectivity index (χ0) is 9.97. The molecule has 0 aliphatic carbocycles.